The van der Waals surface area contributed by atoms with Crippen LogP contribution in [0.1, 0.15) is 32.3 Å². The maximum absolute atomic E-state index is 5.49. The van der Waals surface area contributed by atoms with E-state index in [9.17, 15) is 0 Å². The average molecular weight is 225 g/mol. The van der Waals surface area contributed by atoms with Crippen LogP contribution in [0.3, 0.4) is 0 Å². The van der Waals surface area contributed by atoms with Gasteiger partial charge in [-0.3, -0.25) is 0 Å². The van der Waals surface area contributed by atoms with Gasteiger partial charge in [-0.2, -0.15) is 0 Å². The summed E-state index contributed by atoms with van der Waals surface area (Å²) in [7, 11) is 0. The van der Waals surface area contributed by atoms with Crippen molar-refractivity contribution in [2.24, 2.45) is 5.73 Å². The number of nitrogens with zero attached hydrogens (tertiary/aromatic N) is 2. The fraction of sp³-hybridized carbons (Fsp3) is 0.636. The zero-order chi connectivity index (χ0) is 11.3. The van der Waals surface area contributed by atoms with Crippen LogP contribution in [0, 0.1) is 0 Å². The largest absolute Gasteiger partial charge is 0.330 e. The van der Waals surface area contributed by atoms with Crippen molar-refractivity contribution in [3.63, 3.8) is 0 Å². The molecule has 1 heterocycles. The molecule has 1 aromatic rings. The monoisotopic (exact) mass is 225 g/mol. The third kappa shape index (κ3) is 5.14. The lowest BCUT2D eigenvalue weighted by molar-refractivity contribution is 0.798. The van der Waals surface area contributed by atoms with E-state index in [1.54, 1.807) is 0 Å². The van der Waals surface area contributed by atoms with Gasteiger partial charge >= 0.3 is 0 Å². The number of hydrogen-bond donors (Lipinski definition) is 1. The molecule has 0 aromatic carbocycles. The molecule has 0 aliphatic heterocycles. The van der Waals surface area contributed by atoms with Crippen molar-refractivity contribution in [3.05, 3.63) is 23.8 Å². The predicted molar refractivity (Wildman–Crippen MR) is 65.8 cm³/mol. The molecule has 15 heavy (non-hydrogen) atoms. The summed E-state index contributed by atoms with van der Waals surface area (Å²) in [4.78, 5) is 8.71. The molecule has 0 fully saturated rings. The minimum atomic E-state index is 0.257. The summed E-state index contributed by atoms with van der Waals surface area (Å²) in [6.45, 7) is 7.23. The van der Waals surface area contributed by atoms with Crippen LogP contribution in [0.4, 0.5) is 0 Å². The minimum Gasteiger partial charge on any atom is -0.330 e. The second kappa shape index (κ2) is 5.47. The first-order chi connectivity index (χ1) is 7.01. The van der Waals surface area contributed by atoms with E-state index in [2.05, 4.69) is 30.7 Å². The summed E-state index contributed by atoms with van der Waals surface area (Å²) in [5.41, 5.74) is 6.53. The maximum atomic E-state index is 5.49. The number of aromatic nitrogens is 2. The van der Waals surface area contributed by atoms with E-state index in [-0.39, 0.29) is 4.75 Å². The Hall–Kier alpha value is -0.610. The van der Waals surface area contributed by atoms with Gasteiger partial charge in [0, 0.05) is 23.1 Å². The van der Waals surface area contributed by atoms with Crippen molar-refractivity contribution < 1.29 is 0 Å². The van der Waals surface area contributed by atoms with E-state index in [0.29, 0.717) is 6.54 Å². The topological polar surface area (TPSA) is 51.8 Å². The highest BCUT2D eigenvalue weighted by molar-refractivity contribution is 7.99. The molecule has 0 unspecified atom stereocenters. The van der Waals surface area contributed by atoms with E-state index < -0.39 is 0 Å². The minimum absolute atomic E-state index is 0.257. The van der Waals surface area contributed by atoms with Gasteiger partial charge in [-0.1, -0.05) is 20.8 Å². The summed E-state index contributed by atoms with van der Waals surface area (Å²) >= 11 is 1.86. The average Bonchev–Trinajstić information content (AvgIpc) is 2.15. The van der Waals surface area contributed by atoms with Gasteiger partial charge in [0.05, 0.1) is 5.75 Å². The van der Waals surface area contributed by atoms with Gasteiger partial charge in [-0.05, 0) is 12.6 Å². The van der Waals surface area contributed by atoms with Crippen LogP contribution in [0.25, 0.3) is 0 Å². The standard InChI is InChI=1S/C11H19N3S/c1-11(2,3)15-8-10-13-7-5-9(14-10)4-6-12/h5,7H,4,6,8,12H2,1-3H3. The lowest BCUT2D eigenvalue weighted by Gasteiger charge is -2.16. The summed E-state index contributed by atoms with van der Waals surface area (Å²) in [5, 5.41) is 0. The summed E-state index contributed by atoms with van der Waals surface area (Å²) < 4.78 is 0.257. The first-order valence-corrected chi connectivity index (χ1v) is 6.14. The van der Waals surface area contributed by atoms with Gasteiger partial charge in [0.2, 0.25) is 0 Å². The molecule has 3 nitrogen and oxygen atoms in total. The summed E-state index contributed by atoms with van der Waals surface area (Å²) in [5.74, 6) is 1.77. The zero-order valence-corrected chi connectivity index (χ0v) is 10.5. The van der Waals surface area contributed by atoms with Crippen molar-refractivity contribution in [2.75, 3.05) is 6.54 Å². The Balaban J connectivity index is 2.57. The van der Waals surface area contributed by atoms with E-state index in [0.717, 1.165) is 23.7 Å². The lowest BCUT2D eigenvalue weighted by atomic mass is 10.3. The molecule has 0 saturated heterocycles. The van der Waals surface area contributed by atoms with Crippen LogP contribution < -0.4 is 5.73 Å². The van der Waals surface area contributed by atoms with Gasteiger partial charge in [-0.15, -0.1) is 11.8 Å². The second-order valence-electron chi connectivity index (χ2n) is 4.40. The number of nitrogens with two attached hydrogens (primary N) is 1. The van der Waals surface area contributed by atoms with Crippen molar-refractivity contribution in [3.8, 4) is 0 Å². The molecule has 4 heteroatoms. The quantitative estimate of drug-likeness (QED) is 0.851. The Morgan fingerprint density at radius 3 is 2.73 bits per heavy atom. The lowest BCUT2D eigenvalue weighted by Crippen LogP contribution is -2.10. The Labute approximate surface area is 95.9 Å². The third-order valence-electron chi connectivity index (χ3n) is 1.80. The normalized spacial score (nSPS) is 11.7. The molecule has 1 rings (SSSR count). The molecule has 84 valence electrons. The molecule has 0 saturated carbocycles. The molecule has 1 aromatic heterocycles. The molecule has 2 N–H and O–H groups in total. The van der Waals surface area contributed by atoms with Crippen LogP contribution in [0.2, 0.25) is 0 Å². The smallest absolute Gasteiger partial charge is 0.138 e. The Morgan fingerprint density at radius 2 is 2.13 bits per heavy atom. The van der Waals surface area contributed by atoms with Gasteiger partial charge in [-0.25, -0.2) is 9.97 Å². The Bertz CT molecular complexity index is 307. The Morgan fingerprint density at radius 1 is 1.40 bits per heavy atom. The van der Waals surface area contributed by atoms with Crippen molar-refractivity contribution >= 4 is 11.8 Å². The molecule has 0 atom stereocenters. The molecular formula is C11H19N3S. The van der Waals surface area contributed by atoms with Crippen molar-refractivity contribution in [1.29, 1.82) is 0 Å². The molecule has 0 aliphatic rings. The molecule has 0 aliphatic carbocycles. The van der Waals surface area contributed by atoms with Crippen LogP contribution in [0.5, 0.6) is 0 Å². The predicted octanol–water partition coefficient (Wildman–Crippen LogP) is 2.01. The SMILES string of the molecule is CC(C)(C)SCc1nccc(CCN)n1. The Kier molecular flexibility index (Phi) is 4.54. The highest BCUT2D eigenvalue weighted by Gasteiger charge is 2.11. The van der Waals surface area contributed by atoms with Crippen molar-refractivity contribution in [1.82, 2.24) is 9.97 Å². The molecule has 0 bridgehead atoms. The van der Waals surface area contributed by atoms with Crippen LogP contribution >= 0.6 is 11.8 Å². The maximum Gasteiger partial charge on any atom is 0.138 e. The van der Waals surface area contributed by atoms with Crippen LogP contribution in [-0.2, 0) is 12.2 Å². The zero-order valence-electron chi connectivity index (χ0n) is 9.66. The number of hydrogen-bond acceptors (Lipinski definition) is 4. The van der Waals surface area contributed by atoms with Gasteiger partial charge in [0.1, 0.15) is 5.82 Å². The highest BCUT2D eigenvalue weighted by Crippen LogP contribution is 2.25. The first kappa shape index (κ1) is 12.5. The number of thioether (sulfide) groups is 1. The van der Waals surface area contributed by atoms with Gasteiger partial charge in [0.25, 0.3) is 0 Å². The van der Waals surface area contributed by atoms with E-state index in [1.165, 1.54) is 0 Å². The van der Waals surface area contributed by atoms with E-state index in [1.807, 2.05) is 24.0 Å². The van der Waals surface area contributed by atoms with Gasteiger partial charge in [0.15, 0.2) is 0 Å². The molecule has 0 spiro atoms. The highest BCUT2D eigenvalue weighted by atomic mass is 32.2. The van der Waals surface area contributed by atoms with Crippen LogP contribution in [-0.4, -0.2) is 21.3 Å². The van der Waals surface area contributed by atoms with E-state index >= 15 is 0 Å². The summed E-state index contributed by atoms with van der Waals surface area (Å²) in [6.07, 6.45) is 2.65. The van der Waals surface area contributed by atoms with Crippen LogP contribution in [0.15, 0.2) is 12.3 Å². The van der Waals surface area contributed by atoms with Crippen molar-refractivity contribution in [2.45, 2.75) is 37.7 Å². The molecule has 0 amide bonds. The third-order valence-corrected chi connectivity index (χ3v) is 3.07. The first-order valence-electron chi connectivity index (χ1n) is 5.16. The summed E-state index contributed by atoms with van der Waals surface area (Å²) in [6, 6.07) is 1.93. The fourth-order valence-corrected chi connectivity index (χ4v) is 1.78. The fourth-order valence-electron chi connectivity index (χ4n) is 1.08. The molecule has 0 radical (unpaired) electrons. The second-order valence-corrected chi connectivity index (χ2v) is 6.21. The number of rotatable bonds is 4. The van der Waals surface area contributed by atoms with Gasteiger partial charge < -0.3 is 5.73 Å². The van der Waals surface area contributed by atoms with E-state index in [4.69, 9.17) is 5.73 Å². The molecular weight excluding hydrogens is 206 g/mol.